The van der Waals surface area contributed by atoms with Gasteiger partial charge >= 0.3 is 0 Å². The van der Waals surface area contributed by atoms with E-state index in [1.165, 1.54) is 25.7 Å². The number of rotatable bonds is 4. The minimum atomic E-state index is 0.635. The molecule has 0 saturated carbocycles. The topological polar surface area (TPSA) is 21.3 Å². The molecule has 0 spiro atoms. The van der Waals surface area contributed by atoms with Crippen molar-refractivity contribution in [1.82, 2.24) is 5.32 Å². The fourth-order valence-corrected chi connectivity index (χ4v) is 1.45. The second kappa shape index (κ2) is 5.56. The number of nitrogens with one attached hydrogen (secondary N) is 1. The van der Waals surface area contributed by atoms with Gasteiger partial charge in [-0.2, -0.15) is 0 Å². The van der Waals surface area contributed by atoms with E-state index in [0.29, 0.717) is 6.04 Å². The highest BCUT2D eigenvalue weighted by molar-refractivity contribution is 4.69. The van der Waals surface area contributed by atoms with Crippen molar-refractivity contribution in [3.05, 3.63) is 0 Å². The van der Waals surface area contributed by atoms with E-state index in [1.54, 1.807) is 0 Å². The lowest BCUT2D eigenvalue weighted by molar-refractivity contribution is 0.0734. The number of unbranched alkanes of at least 4 members (excludes halogenated alkanes) is 2. The van der Waals surface area contributed by atoms with Crippen LogP contribution in [0, 0.1) is 0 Å². The van der Waals surface area contributed by atoms with E-state index in [1.807, 2.05) is 0 Å². The smallest absolute Gasteiger partial charge is 0.0620 e. The van der Waals surface area contributed by atoms with Gasteiger partial charge in [-0.1, -0.05) is 26.2 Å². The van der Waals surface area contributed by atoms with E-state index in [9.17, 15) is 0 Å². The molecule has 1 N–H and O–H groups in total. The van der Waals surface area contributed by atoms with E-state index >= 15 is 0 Å². The normalized spacial score (nSPS) is 25.4. The van der Waals surface area contributed by atoms with Crippen LogP contribution >= 0.6 is 0 Å². The Morgan fingerprint density at radius 2 is 2.36 bits per heavy atom. The van der Waals surface area contributed by atoms with Gasteiger partial charge in [0, 0.05) is 12.6 Å². The minimum absolute atomic E-state index is 0.635. The molecular weight excluding hydrogens is 138 g/mol. The van der Waals surface area contributed by atoms with Crippen LogP contribution in [-0.4, -0.2) is 25.8 Å². The van der Waals surface area contributed by atoms with Crippen LogP contribution in [0.2, 0.25) is 0 Å². The molecule has 0 amide bonds. The molecule has 1 atom stereocenters. The van der Waals surface area contributed by atoms with Gasteiger partial charge in [0.2, 0.25) is 0 Å². The Morgan fingerprint density at radius 1 is 1.45 bits per heavy atom. The Morgan fingerprint density at radius 3 is 3.00 bits per heavy atom. The van der Waals surface area contributed by atoms with Crippen molar-refractivity contribution in [3.63, 3.8) is 0 Å². The zero-order valence-electron chi connectivity index (χ0n) is 7.44. The van der Waals surface area contributed by atoms with Crippen LogP contribution in [0.3, 0.4) is 0 Å². The van der Waals surface area contributed by atoms with Gasteiger partial charge in [-0.3, -0.25) is 0 Å². The first-order chi connectivity index (χ1) is 5.43. The van der Waals surface area contributed by atoms with Crippen LogP contribution in [0.15, 0.2) is 0 Å². The summed E-state index contributed by atoms with van der Waals surface area (Å²) in [7, 11) is 0. The molecule has 66 valence electrons. The van der Waals surface area contributed by atoms with Crippen LogP contribution in [0.4, 0.5) is 0 Å². The molecule has 0 aliphatic carbocycles. The molecule has 2 nitrogen and oxygen atoms in total. The van der Waals surface area contributed by atoms with Gasteiger partial charge in [-0.15, -0.1) is 0 Å². The maximum absolute atomic E-state index is 5.35. The monoisotopic (exact) mass is 157 g/mol. The third-order valence-electron chi connectivity index (χ3n) is 2.15. The van der Waals surface area contributed by atoms with E-state index < -0.39 is 0 Å². The summed E-state index contributed by atoms with van der Waals surface area (Å²) in [6.07, 6.45) is 5.30. The fourth-order valence-electron chi connectivity index (χ4n) is 1.45. The first kappa shape index (κ1) is 9.01. The standard InChI is InChI=1S/C9H19NO/c1-2-3-4-5-9-8-11-7-6-10-9/h9-10H,2-8H2,1H3. The molecule has 1 aliphatic heterocycles. The lowest BCUT2D eigenvalue weighted by atomic mass is 10.1. The molecule has 1 saturated heterocycles. The van der Waals surface area contributed by atoms with E-state index in [2.05, 4.69) is 12.2 Å². The van der Waals surface area contributed by atoms with Crippen LogP contribution in [0.1, 0.15) is 32.6 Å². The molecule has 0 aromatic rings. The number of ether oxygens (including phenoxy) is 1. The molecule has 1 unspecified atom stereocenters. The van der Waals surface area contributed by atoms with Crippen LogP contribution < -0.4 is 5.32 Å². The molecule has 11 heavy (non-hydrogen) atoms. The Bertz CT molecular complexity index is 89.6. The highest BCUT2D eigenvalue weighted by atomic mass is 16.5. The Hall–Kier alpha value is -0.0800. The first-order valence-corrected chi connectivity index (χ1v) is 4.74. The van der Waals surface area contributed by atoms with Crippen molar-refractivity contribution in [1.29, 1.82) is 0 Å². The number of morpholine rings is 1. The van der Waals surface area contributed by atoms with Gasteiger partial charge in [-0.05, 0) is 6.42 Å². The maximum Gasteiger partial charge on any atom is 0.0620 e. The molecular formula is C9H19NO. The van der Waals surface area contributed by atoms with Crippen LogP contribution in [0.5, 0.6) is 0 Å². The minimum Gasteiger partial charge on any atom is -0.379 e. The van der Waals surface area contributed by atoms with Gasteiger partial charge in [0.15, 0.2) is 0 Å². The Labute approximate surface area is 69.3 Å². The van der Waals surface area contributed by atoms with Gasteiger partial charge in [-0.25, -0.2) is 0 Å². The van der Waals surface area contributed by atoms with Crippen molar-refractivity contribution in [3.8, 4) is 0 Å². The molecule has 1 fully saturated rings. The average molecular weight is 157 g/mol. The van der Waals surface area contributed by atoms with E-state index in [4.69, 9.17) is 4.74 Å². The first-order valence-electron chi connectivity index (χ1n) is 4.74. The Kier molecular flexibility index (Phi) is 4.55. The third-order valence-corrected chi connectivity index (χ3v) is 2.15. The quantitative estimate of drug-likeness (QED) is 0.625. The third kappa shape index (κ3) is 3.73. The zero-order valence-corrected chi connectivity index (χ0v) is 7.44. The van der Waals surface area contributed by atoms with Gasteiger partial charge in [0.05, 0.1) is 13.2 Å². The number of hydrogen-bond donors (Lipinski definition) is 1. The molecule has 0 radical (unpaired) electrons. The van der Waals surface area contributed by atoms with Crippen LogP contribution in [-0.2, 0) is 4.74 Å². The molecule has 2 heteroatoms. The summed E-state index contributed by atoms with van der Waals surface area (Å²) in [5.74, 6) is 0. The highest BCUT2D eigenvalue weighted by Crippen LogP contribution is 2.05. The summed E-state index contributed by atoms with van der Waals surface area (Å²) in [4.78, 5) is 0. The lowest BCUT2D eigenvalue weighted by Crippen LogP contribution is -2.41. The molecule has 0 aromatic carbocycles. The van der Waals surface area contributed by atoms with Crippen molar-refractivity contribution >= 4 is 0 Å². The molecule has 0 aromatic heterocycles. The zero-order chi connectivity index (χ0) is 7.94. The summed E-state index contributed by atoms with van der Waals surface area (Å²) in [5.41, 5.74) is 0. The van der Waals surface area contributed by atoms with Crippen molar-refractivity contribution in [2.75, 3.05) is 19.8 Å². The van der Waals surface area contributed by atoms with Gasteiger partial charge in [0.1, 0.15) is 0 Å². The van der Waals surface area contributed by atoms with Gasteiger partial charge in [0.25, 0.3) is 0 Å². The lowest BCUT2D eigenvalue weighted by Gasteiger charge is -2.23. The molecule has 1 heterocycles. The summed E-state index contributed by atoms with van der Waals surface area (Å²) in [6.45, 7) is 5.09. The summed E-state index contributed by atoms with van der Waals surface area (Å²) in [6, 6.07) is 0.635. The van der Waals surface area contributed by atoms with Gasteiger partial charge < -0.3 is 10.1 Å². The largest absolute Gasteiger partial charge is 0.379 e. The molecule has 1 rings (SSSR count). The Balaban J connectivity index is 1.96. The summed E-state index contributed by atoms with van der Waals surface area (Å²) in [5, 5.41) is 3.45. The number of hydrogen-bond acceptors (Lipinski definition) is 2. The van der Waals surface area contributed by atoms with E-state index in [-0.39, 0.29) is 0 Å². The van der Waals surface area contributed by atoms with E-state index in [0.717, 1.165) is 19.8 Å². The van der Waals surface area contributed by atoms with Crippen molar-refractivity contribution in [2.24, 2.45) is 0 Å². The second-order valence-corrected chi connectivity index (χ2v) is 3.22. The maximum atomic E-state index is 5.35. The predicted molar refractivity (Wildman–Crippen MR) is 46.8 cm³/mol. The second-order valence-electron chi connectivity index (χ2n) is 3.22. The highest BCUT2D eigenvalue weighted by Gasteiger charge is 2.11. The fraction of sp³-hybridized carbons (Fsp3) is 1.00. The average Bonchev–Trinajstić information content (AvgIpc) is 2.07. The molecule has 1 aliphatic rings. The molecule has 0 bridgehead atoms. The van der Waals surface area contributed by atoms with Crippen molar-refractivity contribution < 1.29 is 4.74 Å². The van der Waals surface area contributed by atoms with Crippen LogP contribution in [0.25, 0.3) is 0 Å². The summed E-state index contributed by atoms with van der Waals surface area (Å²) >= 11 is 0. The van der Waals surface area contributed by atoms with Crippen molar-refractivity contribution in [2.45, 2.75) is 38.6 Å². The summed E-state index contributed by atoms with van der Waals surface area (Å²) < 4.78 is 5.35. The SMILES string of the molecule is CCCCCC1COCCN1. The predicted octanol–water partition coefficient (Wildman–Crippen LogP) is 1.56.